The number of sulfonamides is 1. The second-order valence-electron chi connectivity index (χ2n) is 5.22. The number of benzene rings is 1. The molecule has 1 aliphatic carbocycles. The lowest BCUT2D eigenvalue weighted by molar-refractivity contribution is -0.384. The molecule has 2 atom stereocenters. The molecule has 1 aliphatic rings. The van der Waals surface area contributed by atoms with Crippen LogP contribution in [0.4, 0.5) is 11.4 Å². The van der Waals surface area contributed by atoms with Crippen LogP contribution in [0, 0.1) is 16.0 Å². The lowest BCUT2D eigenvalue weighted by Crippen LogP contribution is -2.33. The Morgan fingerprint density at radius 1 is 1.40 bits per heavy atom. The molecule has 3 N–H and O–H groups in total. The quantitative estimate of drug-likeness (QED) is 0.498. The average molecular weight is 299 g/mol. The second kappa shape index (κ2) is 5.37. The maximum atomic E-state index is 12.2. The largest absolute Gasteiger partial charge is 0.397 e. The highest BCUT2D eigenvalue weighted by Gasteiger charge is 2.28. The van der Waals surface area contributed by atoms with E-state index in [-0.39, 0.29) is 22.3 Å². The van der Waals surface area contributed by atoms with Crippen molar-refractivity contribution < 1.29 is 13.3 Å². The number of nitro groups is 1. The van der Waals surface area contributed by atoms with Gasteiger partial charge >= 0.3 is 0 Å². The summed E-state index contributed by atoms with van der Waals surface area (Å²) < 4.78 is 27.1. The van der Waals surface area contributed by atoms with Gasteiger partial charge in [0.05, 0.1) is 10.6 Å². The summed E-state index contributed by atoms with van der Waals surface area (Å²) in [6, 6.07) is 3.28. The van der Waals surface area contributed by atoms with Crippen LogP contribution in [0.15, 0.2) is 23.1 Å². The molecule has 1 aromatic rings. The Hall–Kier alpha value is -1.67. The molecule has 2 rings (SSSR count). The molecule has 1 saturated carbocycles. The van der Waals surface area contributed by atoms with Crippen LogP contribution in [0.5, 0.6) is 0 Å². The number of nitrogens with one attached hydrogen (secondary N) is 1. The highest BCUT2D eigenvalue weighted by atomic mass is 32.2. The second-order valence-corrected chi connectivity index (χ2v) is 6.90. The summed E-state index contributed by atoms with van der Waals surface area (Å²) in [6.45, 7) is 2.08. The highest BCUT2D eigenvalue weighted by Crippen LogP contribution is 2.28. The first-order valence-corrected chi connectivity index (χ1v) is 7.84. The van der Waals surface area contributed by atoms with Gasteiger partial charge in [0.15, 0.2) is 0 Å². The molecule has 2 unspecified atom stereocenters. The molecule has 0 radical (unpaired) electrons. The molecule has 0 heterocycles. The molecular weight excluding hydrogens is 282 g/mol. The van der Waals surface area contributed by atoms with Gasteiger partial charge in [0.1, 0.15) is 4.90 Å². The average Bonchev–Trinajstić information content (AvgIpc) is 2.73. The molecule has 8 heteroatoms. The summed E-state index contributed by atoms with van der Waals surface area (Å²) in [5.74, 6) is 0.497. The first kappa shape index (κ1) is 14.7. The van der Waals surface area contributed by atoms with Crippen molar-refractivity contribution in [3.63, 3.8) is 0 Å². The Balaban J connectivity index is 2.23. The van der Waals surface area contributed by atoms with Crippen molar-refractivity contribution in [2.24, 2.45) is 5.92 Å². The molecule has 0 amide bonds. The van der Waals surface area contributed by atoms with Gasteiger partial charge in [-0.3, -0.25) is 10.1 Å². The van der Waals surface area contributed by atoms with Crippen molar-refractivity contribution in [1.29, 1.82) is 0 Å². The molecule has 0 saturated heterocycles. The first-order chi connectivity index (χ1) is 9.29. The number of non-ortho nitro benzene ring substituents is 1. The van der Waals surface area contributed by atoms with E-state index in [9.17, 15) is 18.5 Å². The van der Waals surface area contributed by atoms with Crippen LogP contribution in [-0.2, 0) is 10.0 Å². The minimum Gasteiger partial charge on any atom is -0.397 e. The Kier molecular flexibility index (Phi) is 3.96. The predicted octanol–water partition coefficient (Wildman–Crippen LogP) is 1.64. The third-order valence-corrected chi connectivity index (χ3v) is 5.10. The van der Waals surface area contributed by atoms with Gasteiger partial charge in [-0.05, 0) is 31.2 Å². The third kappa shape index (κ3) is 3.07. The molecule has 1 fully saturated rings. The normalized spacial score (nSPS) is 22.9. The van der Waals surface area contributed by atoms with Crippen LogP contribution in [0.1, 0.15) is 26.2 Å². The van der Waals surface area contributed by atoms with Gasteiger partial charge < -0.3 is 5.73 Å². The summed E-state index contributed by atoms with van der Waals surface area (Å²) in [4.78, 5) is 9.89. The fraction of sp³-hybridized carbons (Fsp3) is 0.500. The van der Waals surface area contributed by atoms with Crippen molar-refractivity contribution in [3.8, 4) is 0 Å². The van der Waals surface area contributed by atoms with Crippen LogP contribution in [0.3, 0.4) is 0 Å². The van der Waals surface area contributed by atoms with E-state index in [0.29, 0.717) is 5.92 Å². The van der Waals surface area contributed by atoms with E-state index in [1.165, 1.54) is 6.07 Å². The fourth-order valence-corrected chi connectivity index (χ4v) is 3.89. The monoisotopic (exact) mass is 299 g/mol. The lowest BCUT2D eigenvalue weighted by atomic mass is 10.1. The van der Waals surface area contributed by atoms with Gasteiger partial charge in [-0.1, -0.05) is 6.92 Å². The Morgan fingerprint density at radius 2 is 2.10 bits per heavy atom. The van der Waals surface area contributed by atoms with Gasteiger partial charge in [-0.15, -0.1) is 0 Å². The van der Waals surface area contributed by atoms with Crippen LogP contribution >= 0.6 is 0 Å². The van der Waals surface area contributed by atoms with E-state index in [1.54, 1.807) is 0 Å². The summed E-state index contributed by atoms with van der Waals surface area (Å²) in [5, 5.41) is 10.6. The van der Waals surface area contributed by atoms with Crippen molar-refractivity contribution in [3.05, 3.63) is 28.3 Å². The van der Waals surface area contributed by atoms with Gasteiger partial charge in [-0.25, -0.2) is 13.1 Å². The molecule has 1 aromatic carbocycles. The zero-order valence-electron chi connectivity index (χ0n) is 11.1. The van der Waals surface area contributed by atoms with Gasteiger partial charge in [-0.2, -0.15) is 0 Å². The summed E-state index contributed by atoms with van der Waals surface area (Å²) >= 11 is 0. The third-order valence-electron chi connectivity index (χ3n) is 3.51. The van der Waals surface area contributed by atoms with Gasteiger partial charge in [0.2, 0.25) is 10.0 Å². The number of nitrogen functional groups attached to an aromatic ring is 1. The van der Waals surface area contributed by atoms with Gasteiger partial charge in [0.25, 0.3) is 5.69 Å². The molecule has 0 aliphatic heterocycles. The topological polar surface area (TPSA) is 115 Å². The van der Waals surface area contributed by atoms with Crippen LogP contribution in [0.2, 0.25) is 0 Å². The van der Waals surface area contributed by atoms with E-state index < -0.39 is 14.9 Å². The number of hydrogen-bond acceptors (Lipinski definition) is 5. The van der Waals surface area contributed by atoms with Crippen LogP contribution in [0.25, 0.3) is 0 Å². The number of anilines is 1. The predicted molar refractivity (Wildman–Crippen MR) is 74.6 cm³/mol. The number of nitrogens with zero attached hydrogens (tertiary/aromatic N) is 1. The Labute approximate surface area is 117 Å². The first-order valence-electron chi connectivity index (χ1n) is 6.36. The smallest absolute Gasteiger partial charge is 0.271 e. The van der Waals surface area contributed by atoms with E-state index in [4.69, 9.17) is 5.73 Å². The number of rotatable bonds is 4. The zero-order valence-corrected chi connectivity index (χ0v) is 11.9. The van der Waals surface area contributed by atoms with Gasteiger partial charge in [0, 0.05) is 18.2 Å². The summed E-state index contributed by atoms with van der Waals surface area (Å²) in [7, 11) is -3.74. The van der Waals surface area contributed by atoms with Crippen molar-refractivity contribution in [2.75, 3.05) is 5.73 Å². The number of nitrogens with two attached hydrogens (primary N) is 1. The van der Waals surface area contributed by atoms with Crippen LogP contribution < -0.4 is 10.5 Å². The number of nitro benzene ring substituents is 1. The standard InChI is InChI=1S/C12H17N3O4S/c1-8-2-3-9(6-8)14-20(18,19)12-5-4-10(15(16)17)7-11(12)13/h4-5,7-9,14H,2-3,6,13H2,1H3. The van der Waals surface area contributed by atoms with E-state index in [1.807, 2.05) is 0 Å². The Morgan fingerprint density at radius 3 is 2.60 bits per heavy atom. The molecule has 0 spiro atoms. The maximum Gasteiger partial charge on any atom is 0.271 e. The minimum absolute atomic E-state index is 0.0930. The van der Waals surface area contributed by atoms with E-state index in [0.717, 1.165) is 31.4 Å². The van der Waals surface area contributed by atoms with Crippen molar-refractivity contribution in [1.82, 2.24) is 4.72 Å². The lowest BCUT2D eigenvalue weighted by Gasteiger charge is -2.14. The molecule has 0 bridgehead atoms. The van der Waals surface area contributed by atoms with Crippen LogP contribution in [-0.4, -0.2) is 19.4 Å². The SMILES string of the molecule is CC1CCC(NS(=O)(=O)c2ccc([N+](=O)[O-])cc2N)C1. The van der Waals surface area contributed by atoms with E-state index in [2.05, 4.69) is 11.6 Å². The molecule has 0 aromatic heterocycles. The molecule has 20 heavy (non-hydrogen) atoms. The number of hydrogen-bond donors (Lipinski definition) is 2. The molecule has 7 nitrogen and oxygen atoms in total. The fourth-order valence-electron chi connectivity index (χ4n) is 2.49. The summed E-state index contributed by atoms with van der Waals surface area (Å²) in [6.07, 6.45) is 2.59. The van der Waals surface area contributed by atoms with Crippen molar-refractivity contribution in [2.45, 2.75) is 37.1 Å². The van der Waals surface area contributed by atoms with E-state index >= 15 is 0 Å². The molecular formula is C12H17N3O4S. The molecule has 110 valence electrons. The Bertz CT molecular complexity index is 630. The maximum absolute atomic E-state index is 12.2. The zero-order chi connectivity index (χ0) is 14.9. The summed E-state index contributed by atoms with van der Waals surface area (Å²) in [5.41, 5.74) is 5.28. The highest BCUT2D eigenvalue weighted by molar-refractivity contribution is 7.89. The van der Waals surface area contributed by atoms with Crippen molar-refractivity contribution >= 4 is 21.4 Å². The minimum atomic E-state index is -3.74.